The molecule has 0 aromatic heterocycles. The fraction of sp³-hybridized carbons (Fsp3) is 0.222. The second kappa shape index (κ2) is 8.00. The average molecular weight is 283 g/mol. The first kappa shape index (κ1) is 15.0. The molecule has 2 aromatic rings. The number of nitrogens with two attached hydrogens (primary N) is 1. The summed E-state index contributed by atoms with van der Waals surface area (Å²) >= 11 is 0. The molecule has 0 aliphatic heterocycles. The lowest BCUT2D eigenvalue weighted by Crippen LogP contribution is -2.06. The van der Waals surface area contributed by atoms with E-state index in [2.05, 4.69) is 6.58 Å². The fourth-order valence-electron chi connectivity index (χ4n) is 2.00. The minimum atomic E-state index is 0.612. The summed E-state index contributed by atoms with van der Waals surface area (Å²) in [5, 5.41) is 0. The van der Waals surface area contributed by atoms with Crippen molar-refractivity contribution in [3.63, 3.8) is 0 Å². The molecule has 0 unspecified atom stereocenters. The Morgan fingerprint density at radius 2 is 1.76 bits per heavy atom. The summed E-state index contributed by atoms with van der Waals surface area (Å²) in [6.07, 6.45) is 3.42. The number of benzene rings is 2. The number of ether oxygens (including phenoxy) is 2. The maximum Gasteiger partial charge on any atom is 0.122 e. The monoisotopic (exact) mass is 283 g/mol. The van der Waals surface area contributed by atoms with Crippen molar-refractivity contribution >= 4 is 5.69 Å². The van der Waals surface area contributed by atoms with E-state index in [9.17, 15) is 0 Å². The SMILES string of the molecule is C=CCc1cc(N)ccc1OCCCOc1ccccc1. The molecule has 2 N–H and O–H groups in total. The van der Waals surface area contributed by atoms with Gasteiger partial charge in [0.1, 0.15) is 11.5 Å². The van der Waals surface area contributed by atoms with Crippen LogP contribution in [0.5, 0.6) is 11.5 Å². The summed E-state index contributed by atoms with van der Waals surface area (Å²) in [6, 6.07) is 15.5. The molecular formula is C18H21NO2. The molecule has 3 nitrogen and oxygen atoms in total. The highest BCUT2D eigenvalue weighted by Crippen LogP contribution is 2.22. The van der Waals surface area contributed by atoms with E-state index < -0.39 is 0 Å². The summed E-state index contributed by atoms with van der Waals surface area (Å²) in [5.74, 6) is 1.75. The van der Waals surface area contributed by atoms with Crippen LogP contribution in [0.2, 0.25) is 0 Å². The number of hydrogen-bond acceptors (Lipinski definition) is 3. The lowest BCUT2D eigenvalue weighted by Gasteiger charge is -2.11. The molecule has 0 radical (unpaired) electrons. The van der Waals surface area contributed by atoms with Crippen molar-refractivity contribution in [1.29, 1.82) is 0 Å². The third kappa shape index (κ3) is 4.88. The van der Waals surface area contributed by atoms with E-state index in [4.69, 9.17) is 15.2 Å². The molecule has 0 saturated heterocycles. The quantitative estimate of drug-likeness (QED) is 0.455. The zero-order valence-electron chi connectivity index (χ0n) is 12.1. The Kier molecular flexibility index (Phi) is 5.71. The standard InChI is InChI=1S/C18H21NO2/c1-2-7-15-14-16(19)10-11-18(15)21-13-6-12-20-17-8-4-3-5-9-17/h2-5,8-11,14H,1,6-7,12-13,19H2. The van der Waals surface area contributed by atoms with Crippen molar-refractivity contribution < 1.29 is 9.47 Å². The van der Waals surface area contributed by atoms with E-state index in [0.717, 1.165) is 35.6 Å². The molecule has 2 rings (SSSR count). The van der Waals surface area contributed by atoms with Gasteiger partial charge in [0.2, 0.25) is 0 Å². The van der Waals surface area contributed by atoms with Crippen LogP contribution in [-0.4, -0.2) is 13.2 Å². The molecule has 0 atom stereocenters. The Hall–Kier alpha value is -2.42. The summed E-state index contributed by atoms with van der Waals surface area (Å²) in [7, 11) is 0. The van der Waals surface area contributed by atoms with Crippen molar-refractivity contribution in [2.24, 2.45) is 0 Å². The Labute approximate surface area is 126 Å². The lowest BCUT2D eigenvalue weighted by molar-refractivity contribution is 0.246. The van der Waals surface area contributed by atoms with Crippen LogP contribution in [-0.2, 0) is 6.42 Å². The first-order valence-corrected chi connectivity index (χ1v) is 7.09. The predicted molar refractivity (Wildman–Crippen MR) is 86.8 cm³/mol. The summed E-state index contributed by atoms with van der Waals surface area (Å²) < 4.78 is 11.4. The minimum absolute atomic E-state index is 0.612. The van der Waals surface area contributed by atoms with Gasteiger partial charge in [-0.2, -0.15) is 0 Å². The largest absolute Gasteiger partial charge is 0.493 e. The van der Waals surface area contributed by atoms with Gasteiger partial charge in [0.05, 0.1) is 13.2 Å². The molecule has 2 aromatic carbocycles. The molecule has 21 heavy (non-hydrogen) atoms. The third-order valence-electron chi connectivity index (χ3n) is 3.01. The van der Waals surface area contributed by atoms with Crippen LogP contribution >= 0.6 is 0 Å². The third-order valence-corrected chi connectivity index (χ3v) is 3.01. The van der Waals surface area contributed by atoms with E-state index in [1.165, 1.54) is 0 Å². The molecule has 0 fully saturated rings. The van der Waals surface area contributed by atoms with Gasteiger partial charge in [0, 0.05) is 12.1 Å². The van der Waals surface area contributed by atoms with Crippen LogP contribution in [0.15, 0.2) is 61.2 Å². The normalized spacial score (nSPS) is 10.1. The van der Waals surface area contributed by atoms with E-state index in [0.29, 0.717) is 13.2 Å². The first-order chi connectivity index (χ1) is 10.3. The maximum atomic E-state index is 5.80. The number of para-hydroxylation sites is 1. The fourth-order valence-corrected chi connectivity index (χ4v) is 2.00. The van der Waals surface area contributed by atoms with Crippen molar-refractivity contribution in [3.8, 4) is 11.5 Å². The molecule has 0 amide bonds. The predicted octanol–water partition coefficient (Wildman–Crippen LogP) is 3.85. The summed E-state index contributed by atoms with van der Waals surface area (Å²) in [4.78, 5) is 0. The average Bonchev–Trinajstić information content (AvgIpc) is 2.50. The van der Waals surface area contributed by atoms with Gasteiger partial charge in [-0.05, 0) is 42.3 Å². The van der Waals surface area contributed by atoms with Crippen molar-refractivity contribution in [1.82, 2.24) is 0 Å². The van der Waals surface area contributed by atoms with Crippen LogP contribution in [0.3, 0.4) is 0 Å². The highest BCUT2D eigenvalue weighted by atomic mass is 16.5. The Morgan fingerprint density at radius 1 is 1.00 bits per heavy atom. The number of rotatable bonds is 8. The van der Waals surface area contributed by atoms with Gasteiger partial charge in [-0.1, -0.05) is 24.3 Å². The zero-order chi connectivity index (χ0) is 14.9. The Balaban J connectivity index is 1.77. The highest BCUT2D eigenvalue weighted by molar-refractivity contribution is 5.48. The minimum Gasteiger partial charge on any atom is -0.493 e. The second-order valence-corrected chi connectivity index (χ2v) is 4.72. The number of nitrogen functional groups attached to an aromatic ring is 1. The van der Waals surface area contributed by atoms with Crippen LogP contribution in [0.1, 0.15) is 12.0 Å². The molecule has 0 aliphatic carbocycles. The van der Waals surface area contributed by atoms with Gasteiger partial charge in [-0.15, -0.1) is 6.58 Å². The van der Waals surface area contributed by atoms with Crippen LogP contribution in [0, 0.1) is 0 Å². The number of allylic oxidation sites excluding steroid dienone is 1. The smallest absolute Gasteiger partial charge is 0.122 e. The van der Waals surface area contributed by atoms with Crippen molar-refractivity contribution in [2.75, 3.05) is 18.9 Å². The molecule has 0 bridgehead atoms. The van der Waals surface area contributed by atoms with Gasteiger partial charge < -0.3 is 15.2 Å². The highest BCUT2D eigenvalue weighted by Gasteiger charge is 2.03. The van der Waals surface area contributed by atoms with Crippen LogP contribution in [0.4, 0.5) is 5.69 Å². The number of anilines is 1. The maximum absolute atomic E-state index is 5.80. The molecule has 0 spiro atoms. The van der Waals surface area contributed by atoms with Gasteiger partial charge in [-0.25, -0.2) is 0 Å². The van der Waals surface area contributed by atoms with Gasteiger partial charge in [0.25, 0.3) is 0 Å². The summed E-state index contributed by atoms with van der Waals surface area (Å²) in [5.41, 5.74) is 7.59. The topological polar surface area (TPSA) is 44.5 Å². The molecule has 110 valence electrons. The molecule has 0 heterocycles. The number of hydrogen-bond donors (Lipinski definition) is 1. The van der Waals surface area contributed by atoms with Gasteiger partial charge in [0.15, 0.2) is 0 Å². The Bertz CT molecular complexity index is 567. The van der Waals surface area contributed by atoms with Gasteiger partial charge in [-0.3, -0.25) is 0 Å². The van der Waals surface area contributed by atoms with E-state index >= 15 is 0 Å². The zero-order valence-corrected chi connectivity index (χ0v) is 12.1. The first-order valence-electron chi connectivity index (χ1n) is 7.09. The Morgan fingerprint density at radius 3 is 2.52 bits per heavy atom. The van der Waals surface area contributed by atoms with Crippen LogP contribution < -0.4 is 15.2 Å². The second-order valence-electron chi connectivity index (χ2n) is 4.72. The van der Waals surface area contributed by atoms with Crippen molar-refractivity contribution in [3.05, 3.63) is 66.7 Å². The summed E-state index contributed by atoms with van der Waals surface area (Å²) in [6.45, 7) is 5.00. The molecule has 0 saturated carbocycles. The molecular weight excluding hydrogens is 262 g/mol. The molecule has 0 aliphatic rings. The molecule has 3 heteroatoms. The lowest BCUT2D eigenvalue weighted by atomic mass is 10.1. The van der Waals surface area contributed by atoms with E-state index in [-0.39, 0.29) is 0 Å². The van der Waals surface area contributed by atoms with E-state index in [1.807, 2.05) is 54.6 Å². The van der Waals surface area contributed by atoms with Crippen molar-refractivity contribution in [2.45, 2.75) is 12.8 Å². The van der Waals surface area contributed by atoms with E-state index in [1.54, 1.807) is 0 Å². The van der Waals surface area contributed by atoms with Gasteiger partial charge >= 0.3 is 0 Å². The van der Waals surface area contributed by atoms with Crippen LogP contribution in [0.25, 0.3) is 0 Å².